The Balaban J connectivity index is 1.89. The molecule has 2 aromatic carbocycles. The number of aryl methyl sites for hydroxylation is 1. The molecule has 3 aromatic rings. The number of oxazole rings is 1. The maximum absolute atomic E-state index is 13.4. The summed E-state index contributed by atoms with van der Waals surface area (Å²) < 4.78 is 35.5. The third kappa shape index (κ3) is 9.97. The minimum absolute atomic E-state index is 0.236. The van der Waals surface area contributed by atoms with Crippen LogP contribution in [0.2, 0.25) is 0 Å². The van der Waals surface area contributed by atoms with Crippen LogP contribution in [0.15, 0.2) is 53.1 Å². The van der Waals surface area contributed by atoms with E-state index in [9.17, 15) is 23.1 Å². The van der Waals surface area contributed by atoms with E-state index in [4.69, 9.17) is 9.15 Å². The molecule has 0 spiro atoms. The van der Waals surface area contributed by atoms with Gasteiger partial charge in [-0.15, -0.1) is 0 Å². The molecular weight excluding hydrogens is 578 g/mol. The molecule has 0 aliphatic rings. The van der Waals surface area contributed by atoms with Crippen molar-refractivity contribution in [2.45, 2.75) is 45.6 Å². The number of carboxylic acid groups (broad SMARTS) is 1. The number of carbonyl (C=O) groups excluding carboxylic acids is 1. The fourth-order valence-electron chi connectivity index (χ4n) is 4.25. The van der Waals surface area contributed by atoms with Gasteiger partial charge in [0.1, 0.15) is 22.0 Å². The first-order valence-electron chi connectivity index (χ1n) is 13.6. The lowest BCUT2D eigenvalue weighted by Gasteiger charge is -2.19. The van der Waals surface area contributed by atoms with E-state index < -0.39 is 27.8 Å². The number of nitrogens with zero attached hydrogens (tertiary/aromatic N) is 2. The zero-order valence-corrected chi connectivity index (χ0v) is 26.3. The van der Waals surface area contributed by atoms with Gasteiger partial charge < -0.3 is 24.5 Å². The van der Waals surface area contributed by atoms with Crippen LogP contribution in [0, 0.1) is 6.92 Å². The predicted octanol–water partition coefficient (Wildman–Crippen LogP) is 4.34. The van der Waals surface area contributed by atoms with Gasteiger partial charge in [-0.2, -0.15) is 11.8 Å². The van der Waals surface area contributed by atoms with Crippen LogP contribution in [-0.4, -0.2) is 78.9 Å². The van der Waals surface area contributed by atoms with Gasteiger partial charge in [-0.05, 0) is 67.6 Å². The molecule has 42 heavy (non-hydrogen) atoms. The molecule has 2 N–H and O–H groups in total. The van der Waals surface area contributed by atoms with Gasteiger partial charge in [-0.3, -0.25) is 4.79 Å². The van der Waals surface area contributed by atoms with Crippen LogP contribution >= 0.6 is 11.8 Å². The van der Waals surface area contributed by atoms with E-state index in [2.05, 4.69) is 17.2 Å². The van der Waals surface area contributed by atoms with Gasteiger partial charge in [0.15, 0.2) is 5.76 Å². The highest BCUT2D eigenvalue weighted by Gasteiger charge is 2.25. The van der Waals surface area contributed by atoms with E-state index >= 15 is 0 Å². The molecule has 0 bridgehead atoms. The molecular formula is C30H39N3O7S2. The zero-order chi connectivity index (χ0) is 30.9. The SMILES string of the molecule is CCSC[C@H](OCc1ccc(C(=O)N[C@@H](CCS(C)(=O)=O)C(=O)O)c(-c2ccccc2C)c1)c1cnc(CN(C)C)o1. The number of aliphatic carboxylic acids is 1. The Hall–Kier alpha value is -3.19. The molecule has 0 fully saturated rings. The molecule has 1 heterocycles. The molecule has 1 aromatic heterocycles. The molecule has 2 atom stereocenters. The van der Waals surface area contributed by atoms with E-state index in [1.54, 1.807) is 30.1 Å². The number of thioether (sulfide) groups is 1. The number of sulfone groups is 1. The minimum Gasteiger partial charge on any atom is -0.480 e. The van der Waals surface area contributed by atoms with E-state index in [1.807, 2.05) is 56.3 Å². The molecule has 0 aliphatic heterocycles. The lowest BCUT2D eigenvalue weighted by molar-refractivity contribution is -0.139. The lowest BCUT2D eigenvalue weighted by Crippen LogP contribution is -2.42. The Morgan fingerprint density at radius 1 is 1.17 bits per heavy atom. The maximum atomic E-state index is 13.4. The first-order valence-corrected chi connectivity index (χ1v) is 16.8. The fraction of sp³-hybridized carbons (Fsp3) is 0.433. The number of nitrogens with one attached hydrogen (secondary N) is 1. The van der Waals surface area contributed by atoms with Crippen molar-refractivity contribution < 1.29 is 32.3 Å². The summed E-state index contributed by atoms with van der Waals surface area (Å²) in [6.45, 7) is 4.83. The highest BCUT2D eigenvalue weighted by atomic mass is 32.2. The summed E-state index contributed by atoms with van der Waals surface area (Å²) in [7, 11) is 0.483. The van der Waals surface area contributed by atoms with E-state index in [0.717, 1.165) is 28.7 Å². The van der Waals surface area contributed by atoms with Crippen LogP contribution in [0.5, 0.6) is 0 Å². The van der Waals surface area contributed by atoms with Gasteiger partial charge in [0.2, 0.25) is 5.89 Å². The number of rotatable bonds is 16. The molecule has 3 rings (SSSR count). The van der Waals surface area contributed by atoms with Crippen molar-refractivity contribution in [1.29, 1.82) is 0 Å². The standard InChI is InChI=1S/C30H39N3O7S2/c1-6-41-19-27(26-16-31-28(40-26)17-33(3)4)39-18-21-11-12-23(24(15-21)22-10-8-7-9-20(22)2)29(34)32-25(30(35)36)13-14-42(5,37)38/h7-12,15-16,25,27H,6,13-14,17-19H2,1-5H3,(H,32,34)(H,35,36)/t25-,27-/m0/s1. The molecule has 0 unspecified atom stereocenters. The average molecular weight is 618 g/mol. The molecule has 1 amide bonds. The molecule has 0 saturated carbocycles. The summed E-state index contributed by atoms with van der Waals surface area (Å²) in [6, 6.07) is 11.5. The van der Waals surface area contributed by atoms with Crippen LogP contribution < -0.4 is 5.32 Å². The smallest absolute Gasteiger partial charge is 0.326 e. The summed E-state index contributed by atoms with van der Waals surface area (Å²) in [5.41, 5.74) is 3.46. The summed E-state index contributed by atoms with van der Waals surface area (Å²) >= 11 is 1.73. The van der Waals surface area contributed by atoms with Gasteiger partial charge >= 0.3 is 5.97 Å². The summed E-state index contributed by atoms with van der Waals surface area (Å²) in [4.78, 5) is 31.5. The summed E-state index contributed by atoms with van der Waals surface area (Å²) in [5, 5.41) is 12.1. The highest BCUT2D eigenvalue weighted by molar-refractivity contribution is 7.99. The second-order valence-electron chi connectivity index (χ2n) is 10.3. The Kier molecular flexibility index (Phi) is 12.2. The first kappa shape index (κ1) is 33.3. The second-order valence-corrected chi connectivity index (χ2v) is 13.9. The summed E-state index contributed by atoms with van der Waals surface area (Å²) in [6.07, 6.45) is 2.17. The summed E-state index contributed by atoms with van der Waals surface area (Å²) in [5.74, 6) is 0.601. The van der Waals surface area contributed by atoms with Crippen molar-refractivity contribution in [3.05, 3.63) is 77.0 Å². The quantitative estimate of drug-likeness (QED) is 0.239. The number of carbonyl (C=O) groups is 2. The third-order valence-corrected chi connectivity index (χ3v) is 8.33. The van der Waals surface area contributed by atoms with Gasteiger partial charge in [0.05, 0.1) is 25.1 Å². The molecule has 228 valence electrons. The first-order chi connectivity index (χ1) is 19.9. The normalized spacial score (nSPS) is 13.2. The number of aromatic nitrogens is 1. The van der Waals surface area contributed by atoms with Crippen molar-refractivity contribution in [3.8, 4) is 11.1 Å². The number of amides is 1. The highest BCUT2D eigenvalue weighted by Crippen LogP contribution is 2.30. The molecule has 0 aliphatic carbocycles. The average Bonchev–Trinajstić information content (AvgIpc) is 3.38. The molecule has 10 nitrogen and oxygen atoms in total. The van der Waals surface area contributed by atoms with Gasteiger partial charge in [-0.25, -0.2) is 18.2 Å². The van der Waals surface area contributed by atoms with Crippen LogP contribution in [0.4, 0.5) is 0 Å². The van der Waals surface area contributed by atoms with Gasteiger partial charge in [-0.1, -0.05) is 37.3 Å². The van der Waals surface area contributed by atoms with E-state index in [1.165, 1.54) is 0 Å². The fourth-order valence-corrected chi connectivity index (χ4v) is 5.63. The minimum atomic E-state index is -3.40. The Morgan fingerprint density at radius 2 is 1.90 bits per heavy atom. The van der Waals surface area contributed by atoms with Crippen molar-refractivity contribution in [1.82, 2.24) is 15.2 Å². The van der Waals surface area contributed by atoms with Crippen LogP contribution in [0.1, 0.15) is 52.6 Å². The van der Waals surface area contributed by atoms with Crippen molar-refractivity contribution in [3.63, 3.8) is 0 Å². The van der Waals surface area contributed by atoms with Crippen molar-refractivity contribution in [2.24, 2.45) is 0 Å². The third-order valence-electron chi connectivity index (χ3n) is 6.41. The zero-order valence-electron chi connectivity index (χ0n) is 24.6. The van der Waals surface area contributed by atoms with E-state index in [-0.39, 0.29) is 30.4 Å². The Bertz CT molecular complexity index is 1470. The second kappa shape index (κ2) is 15.3. The van der Waals surface area contributed by atoms with Crippen LogP contribution in [0.25, 0.3) is 11.1 Å². The monoisotopic (exact) mass is 617 g/mol. The molecule has 12 heteroatoms. The lowest BCUT2D eigenvalue weighted by atomic mass is 9.93. The van der Waals surface area contributed by atoms with E-state index in [0.29, 0.717) is 29.5 Å². The number of hydrogen-bond acceptors (Lipinski definition) is 9. The molecule has 0 saturated heterocycles. The van der Waals surface area contributed by atoms with Gasteiger partial charge in [0.25, 0.3) is 5.91 Å². The van der Waals surface area contributed by atoms with Crippen LogP contribution in [0.3, 0.4) is 0 Å². The number of hydrogen-bond donors (Lipinski definition) is 2. The number of carboxylic acids is 1. The van der Waals surface area contributed by atoms with Crippen LogP contribution in [-0.2, 0) is 32.5 Å². The van der Waals surface area contributed by atoms with Crippen molar-refractivity contribution in [2.75, 3.05) is 37.6 Å². The Morgan fingerprint density at radius 3 is 2.55 bits per heavy atom. The number of ether oxygens (including phenoxy) is 1. The molecule has 0 radical (unpaired) electrons. The largest absolute Gasteiger partial charge is 0.480 e. The van der Waals surface area contributed by atoms with Crippen molar-refractivity contribution >= 4 is 33.5 Å². The maximum Gasteiger partial charge on any atom is 0.326 e. The van der Waals surface area contributed by atoms with Gasteiger partial charge in [0, 0.05) is 17.6 Å². The predicted molar refractivity (Wildman–Crippen MR) is 164 cm³/mol. The Labute approximate surface area is 251 Å². The number of benzene rings is 2. The topological polar surface area (TPSA) is 139 Å².